The summed E-state index contributed by atoms with van der Waals surface area (Å²) < 4.78 is 19.4. The topological polar surface area (TPSA) is 53.6 Å². The van der Waals surface area contributed by atoms with Crippen molar-refractivity contribution in [2.75, 3.05) is 31.6 Å². The van der Waals surface area contributed by atoms with E-state index in [-0.39, 0.29) is 18.0 Å². The minimum absolute atomic E-state index is 0.104. The van der Waals surface area contributed by atoms with Gasteiger partial charge in [0.05, 0.1) is 12.2 Å². The molecule has 108 valence electrons. The van der Waals surface area contributed by atoms with Crippen LogP contribution in [-0.4, -0.2) is 39.0 Å². The molecule has 3 rings (SSSR count). The van der Waals surface area contributed by atoms with Gasteiger partial charge in [0.1, 0.15) is 5.82 Å². The second-order valence-electron chi connectivity index (χ2n) is 5.13. The SMILES string of the molecule is CNC1CN(c2cccc(F)c2[C@@H]2CCNC2)C(=O)O1. The Bertz CT molecular complexity index is 517. The number of carbonyl (C=O) groups excluding carboxylic acids is 1. The summed E-state index contributed by atoms with van der Waals surface area (Å²) in [7, 11) is 1.73. The molecule has 1 unspecified atom stereocenters. The average Bonchev–Trinajstić information content (AvgIpc) is 3.07. The Morgan fingerprint density at radius 1 is 1.50 bits per heavy atom. The molecule has 5 nitrogen and oxygen atoms in total. The molecular formula is C14H18FN3O2. The molecule has 1 aromatic carbocycles. The Balaban J connectivity index is 1.97. The van der Waals surface area contributed by atoms with Crippen molar-refractivity contribution in [2.24, 2.45) is 0 Å². The molecule has 2 N–H and O–H groups in total. The highest BCUT2D eigenvalue weighted by Crippen LogP contribution is 2.35. The van der Waals surface area contributed by atoms with Crippen LogP contribution in [0, 0.1) is 5.82 Å². The molecular weight excluding hydrogens is 261 g/mol. The number of halogens is 1. The normalized spacial score (nSPS) is 26.1. The Morgan fingerprint density at radius 3 is 3.00 bits per heavy atom. The molecule has 1 aromatic rings. The van der Waals surface area contributed by atoms with Gasteiger partial charge in [-0.25, -0.2) is 9.18 Å². The number of amides is 1. The molecule has 2 saturated heterocycles. The fraction of sp³-hybridized carbons (Fsp3) is 0.500. The number of likely N-dealkylation sites (N-methyl/N-ethyl adjacent to an activating group) is 1. The van der Waals surface area contributed by atoms with Gasteiger partial charge >= 0.3 is 6.09 Å². The first-order valence-electron chi connectivity index (χ1n) is 6.85. The quantitative estimate of drug-likeness (QED) is 0.878. The van der Waals surface area contributed by atoms with Gasteiger partial charge < -0.3 is 10.1 Å². The lowest BCUT2D eigenvalue weighted by molar-refractivity contribution is 0.128. The standard InChI is InChI=1S/C14H18FN3O2/c1-16-12-8-18(14(19)20-12)11-4-2-3-10(15)13(11)9-5-6-17-7-9/h2-4,9,12,16-17H,5-8H2,1H3/t9-,12?/m1/s1. The van der Waals surface area contributed by atoms with Crippen molar-refractivity contribution in [3.8, 4) is 0 Å². The van der Waals surface area contributed by atoms with Crippen LogP contribution in [-0.2, 0) is 4.74 Å². The predicted octanol–water partition coefficient (Wildman–Crippen LogP) is 1.40. The zero-order valence-corrected chi connectivity index (χ0v) is 11.4. The molecule has 20 heavy (non-hydrogen) atoms. The first kappa shape index (κ1) is 13.3. The monoisotopic (exact) mass is 279 g/mol. The summed E-state index contributed by atoms with van der Waals surface area (Å²) in [5, 5.41) is 6.14. The van der Waals surface area contributed by atoms with Gasteiger partial charge in [0.15, 0.2) is 6.23 Å². The van der Waals surface area contributed by atoms with Crippen molar-refractivity contribution >= 4 is 11.8 Å². The van der Waals surface area contributed by atoms with E-state index in [1.54, 1.807) is 19.2 Å². The highest BCUT2D eigenvalue weighted by molar-refractivity contribution is 5.90. The summed E-state index contributed by atoms with van der Waals surface area (Å²) in [5.74, 6) is -0.149. The molecule has 2 atom stereocenters. The van der Waals surface area contributed by atoms with Crippen LogP contribution in [0.4, 0.5) is 14.9 Å². The van der Waals surface area contributed by atoms with Crippen molar-refractivity contribution in [2.45, 2.75) is 18.6 Å². The number of hydrogen-bond donors (Lipinski definition) is 2. The Hall–Kier alpha value is -1.66. The largest absolute Gasteiger partial charge is 0.428 e. The van der Waals surface area contributed by atoms with E-state index < -0.39 is 6.09 Å². The first-order valence-corrected chi connectivity index (χ1v) is 6.85. The van der Waals surface area contributed by atoms with Crippen LogP contribution < -0.4 is 15.5 Å². The number of ether oxygens (including phenoxy) is 1. The minimum atomic E-state index is -0.429. The van der Waals surface area contributed by atoms with E-state index in [4.69, 9.17) is 4.74 Å². The third-order valence-corrected chi connectivity index (χ3v) is 3.92. The third kappa shape index (κ3) is 2.25. The molecule has 0 spiro atoms. The molecule has 0 bridgehead atoms. The number of hydrogen-bond acceptors (Lipinski definition) is 4. The molecule has 2 heterocycles. The van der Waals surface area contributed by atoms with Crippen LogP contribution in [0.3, 0.4) is 0 Å². The van der Waals surface area contributed by atoms with Gasteiger partial charge in [-0.05, 0) is 32.1 Å². The number of nitrogens with zero attached hydrogens (tertiary/aromatic N) is 1. The van der Waals surface area contributed by atoms with Crippen molar-refractivity contribution in [3.05, 3.63) is 29.6 Å². The number of carbonyl (C=O) groups is 1. The van der Waals surface area contributed by atoms with Gasteiger partial charge in [0.25, 0.3) is 0 Å². The van der Waals surface area contributed by atoms with Crippen LogP contribution >= 0.6 is 0 Å². The molecule has 1 amide bonds. The van der Waals surface area contributed by atoms with E-state index in [2.05, 4.69) is 10.6 Å². The lowest BCUT2D eigenvalue weighted by Crippen LogP contribution is -2.31. The molecule has 2 fully saturated rings. The molecule has 0 aliphatic carbocycles. The zero-order chi connectivity index (χ0) is 14.1. The van der Waals surface area contributed by atoms with Crippen LogP contribution in [0.25, 0.3) is 0 Å². The fourth-order valence-corrected chi connectivity index (χ4v) is 2.88. The molecule has 0 aromatic heterocycles. The minimum Gasteiger partial charge on any atom is -0.428 e. The number of nitrogens with one attached hydrogen (secondary N) is 2. The van der Waals surface area contributed by atoms with E-state index in [0.29, 0.717) is 17.8 Å². The zero-order valence-electron chi connectivity index (χ0n) is 11.4. The van der Waals surface area contributed by atoms with Crippen molar-refractivity contribution in [3.63, 3.8) is 0 Å². The second kappa shape index (κ2) is 5.38. The second-order valence-corrected chi connectivity index (χ2v) is 5.13. The summed E-state index contributed by atoms with van der Waals surface area (Å²) in [6.07, 6.45) is 0.106. The van der Waals surface area contributed by atoms with Crippen molar-refractivity contribution in [1.29, 1.82) is 0 Å². The lowest BCUT2D eigenvalue weighted by Gasteiger charge is -2.21. The van der Waals surface area contributed by atoms with Crippen molar-refractivity contribution < 1.29 is 13.9 Å². The summed E-state index contributed by atoms with van der Waals surface area (Å²) in [6, 6.07) is 4.88. The maximum atomic E-state index is 14.2. The Kier molecular flexibility index (Phi) is 3.58. The molecule has 2 aliphatic rings. The Labute approximate surface area is 117 Å². The van der Waals surface area contributed by atoms with Gasteiger partial charge in [-0.15, -0.1) is 0 Å². The highest BCUT2D eigenvalue weighted by atomic mass is 19.1. The molecule has 2 aliphatic heterocycles. The maximum absolute atomic E-state index is 14.2. The Morgan fingerprint density at radius 2 is 2.35 bits per heavy atom. The summed E-state index contributed by atoms with van der Waals surface area (Å²) in [5.41, 5.74) is 1.24. The van der Waals surface area contributed by atoms with E-state index in [9.17, 15) is 9.18 Å². The number of anilines is 1. The highest BCUT2D eigenvalue weighted by Gasteiger charge is 2.35. The number of rotatable bonds is 3. The van der Waals surface area contributed by atoms with E-state index in [1.807, 2.05) is 0 Å². The van der Waals surface area contributed by atoms with E-state index in [0.717, 1.165) is 19.5 Å². The predicted molar refractivity (Wildman–Crippen MR) is 73.3 cm³/mol. The summed E-state index contributed by atoms with van der Waals surface area (Å²) >= 11 is 0. The third-order valence-electron chi connectivity index (χ3n) is 3.92. The smallest absolute Gasteiger partial charge is 0.416 e. The van der Waals surface area contributed by atoms with Gasteiger partial charge in [0.2, 0.25) is 0 Å². The molecule has 0 saturated carbocycles. The maximum Gasteiger partial charge on any atom is 0.416 e. The van der Waals surface area contributed by atoms with Crippen LogP contribution in [0.5, 0.6) is 0 Å². The summed E-state index contributed by atoms with van der Waals surface area (Å²) in [6.45, 7) is 2.01. The van der Waals surface area contributed by atoms with Crippen LogP contribution in [0.15, 0.2) is 18.2 Å². The number of benzene rings is 1. The van der Waals surface area contributed by atoms with Gasteiger partial charge in [-0.1, -0.05) is 6.07 Å². The summed E-state index contributed by atoms with van der Waals surface area (Å²) in [4.78, 5) is 13.5. The molecule has 6 heteroatoms. The average molecular weight is 279 g/mol. The molecule has 0 radical (unpaired) electrons. The van der Waals surface area contributed by atoms with Crippen LogP contribution in [0.2, 0.25) is 0 Å². The first-order chi connectivity index (χ1) is 9.70. The van der Waals surface area contributed by atoms with Gasteiger partial charge in [0, 0.05) is 18.0 Å². The van der Waals surface area contributed by atoms with E-state index >= 15 is 0 Å². The number of cyclic esters (lactones) is 1. The van der Waals surface area contributed by atoms with Crippen molar-refractivity contribution in [1.82, 2.24) is 10.6 Å². The fourth-order valence-electron chi connectivity index (χ4n) is 2.88. The van der Waals surface area contributed by atoms with Crippen LogP contribution in [0.1, 0.15) is 17.9 Å². The van der Waals surface area contributed by atoms with Gasteiger partial charge in [-0.2, -0.15) is 0 Å². The van der Waals surface area contributed by atoms with Gasteiger partial charge in [-0.3, -0.25) is 10.2 Å². The lowest BCUT2D eigenvalue weighted by atomic mass is 9.95. The van der Waals surface area contributed by atoms with E-state index in [1.165, 1.54) is 11.0 Å².